The summed E-state index contributed by atoms with van der Waals surface area (Å²) in [4.78, 5) is 42.8. The van der Waals surface area contributed by atoms with Crippen LogP contribution in [0.4, 0.5) is 5.69 Å². The number of nitrogens with zero attached hydrogens (tertiary/aromatic N) is 1. The Kier molecular flexibility index (Phi) is 6.51. The van der Waals surface area contributed by atoms with E-state index in [0.29, 0.717) is 18.5 Å². The first-order valence-electron chi connectivity index (χ1n) is 12.6. The first-order valence-corrected chi connectivity index (χ1v) is 12.6. The van der Waals surface area contributed by atoms with Gasteiger partial charge in [-0.15, -0.1) is 0 Å². The molecule has 2 bridgehead atoms. The van der Waals surface area contributed by atoms with Crippen molar-refractivity contribution in [2.75, 3.05) is 19.0 Å². The zero-order chi connectivity index (χ0) is 25.9. The smallest absolute Gasteiger partial charge is 0.250 e. The number of hydrogen-bond donors (Lipinski definition) is 3. The number of carbonyl (C=O) groups is 3. The van der Waals surface area contributed by atoms with Gasteiger partial charge in [0.2, 0.25) is 17.7 Å². The fourth-order valence-electron chi connectivity index (χ4n) is 6.82. The molecule has 3 amide bonds. The van der Waals surface area contributed by atoms with Gasteiger partial charge in [-0.3, -0.25) is 14.4 Å². The highest BCUT2D eigenvalue weighted by Gasteiger charge is 2.80. The molecular formula is C27H39N3O5. The quantitative estimate of drug-likeness (QED) is 0.550. The van der Waals surface area contributed by atoms with Crippen LogP contribution in [0.15, 0.2) is 18.2 Å². The largest absolute Gasteiger partial charge is 0.394 e. The molecule has 8 heteroatoms. The van der Waals surface area contributed by atoms with Gasteiger partial charge in [0.1, 0.15) is 11.6 Å². The van der Waals surface area contributed by atoms with E-state index in [9.17, 15) is 19.5 Å². The summed E-state index contributed by atoms with van der Waals surface area (Å²) in [5.74, 6) is -2.19. The predicted molar refractivity (Wildman–Crippen MR) is 133 cm³/mol. The SMILES string of the molecule is CNC(=O)[C@H]1[C@H]2C(=O)N([C@@H](CO)CC(C)C)C(C(=O)Nc3cc(C)ccc3C)C23CC(C)[C@]1(C)O3. The molecule has 3 unspecified atom stereocenters. The van der Waals surface area contributed by atoms with E-state index >= 15 is 0 Å². The summed E-state index contributed by atoms with van der Waals surface area (Å²) in [5, 5.41) is 16.1. The van der Waals surface area contributed by atoms with Gasteiger partial charge in [0.05, 0.1) is 30.1 Å². The molecular weight excluding hydrogens is 446 g/mol. The number of likely N-dealkylation sites (tertiary alicyclic amines) is 1. The van der Waals surface area contributed by atoms with Crippen molar-refractivity contribution in [3.05, 3.63) is 29.3 Å². The van der Waals surface area contributed by atoms with Crippen LogP contribution in [0.5, 0.6) is 0 Å². The lowest BCUT2D eigenvalue weighted by Crippen LogP contribution is -2.56. The molecule has 7 atom stereocenters. The van der Waals surface area contributed by atoms with E-state index in [1.807, 2.05) is 59.7 Å². The van der Waals surface area contributed by atoms with E-state index in [1.165, 1.54) is 0 Å². The highest BCUT2D eigenvalue weighted by Crippen LogP contribution is 2.65. The summed E-state index contributed by atoms with van der Waals surface area (Å²) in [6.45, 7) is 11.6. The Morgan fingerprint density at radius 2 is 1.94 bits per heavy atom. The second-order valence-corrected chi connectivity index (χ2v) is 11.3. The fourth-order valence-corrected chi connectivity index (χ4v) is 6.82. The van der Waals surface area contributed by atoms with Crippen molar-refractivity contribution in [2.45, 2.75) is 77.7 Å². The summed E-state index contributed by atoms with van der Waals surface area (Å²) in [5.41, 5.74) is 0.621. The third-order valence-corrected chi connectivity index (χ3v) is 8.53. The predicted octanol–water partition coefficient (Wildman–Crippen LogP) is 2.41. The van der Waals surface area contributed by atoms with E-state index in [2.05, 4.69) is 10.6 Å². The van der Waals surface area contributed by atoms with Gasteiger partial charge in [0.25, 0.3) is 0 Å². The Labute approximate surface area is 207 Å². The topological polar surface area (TPSA) is 108 Å². The number of fused-ring (bicyclic) bond motifs is 1. The van der Waals surface area contributed by atoms with Crippen LogP contribution in [0.2, 0.25) is 0 Å². The molecule has 0 radical (unpaired) electrons. The summed E-state index contributed by atoms with van der Waals surface area (Å²) >= 11 is 0. The number of carbonyl (C=O) groups excluding carboxylic acids is 3. The normalized spacial score (nSPS) is 34.3. The Bertz CT molecular complexity index is 1040. The Balaban J connectivity index is 1.83. The lowest BCUT2D eigenvalue weighted by atomic mass is 9.62. The van der Waals surface area contributed by atoms with E-state index in [4.69, 9.17) is 4.74 Å². The van der Waals surface area contributed by atoms with E-state index in [-0.39, 0.29) is 36.2 Å². The van der Waals surface area contributed by atoms with E-state index < -0.39 is 35.1 Å². The van der Waals surface area contributed by atoms with Crippen molar-refractivity contribution in [3.63, 3.8) is 0 Å². The van der Waals surface area contributed by atoms with Gasteiger partial charge >= 0.3 is 0 Å². The van der Waals surface area contributed by atoms with Crippen LogP contribution in [-0.4, -0.2) is 64.7 Å². The number of benzene rings is 1. The number of aliphatic hydroxyl groups excluding tert-OH is 1. The maximum Gasteiger partial charge on any atom is 0.250 e. The molecule has 192 valence electrons. The summed E-state index contributed by atoms with van der Waals surface area (Å²) < 4.78 is 6.68. The molecule has 1 spiro atoms. The number of amides is 3. The van der Waals surface area contributed by atoms with Crippen molar-refractivity contribution in [2.24, 2.45) is 23.7 Å². The Hall–Kier alpha value is -2.45. The van der Waals surface area contributed by atoms with Crippen molar-refractivity contribution < 1.29 is 24.2 Å². The summed E-state index contributed by atoms with van der Waals surface area (Å²) in [7, 11) is 1.56. The van der Waals surface area contributed by atoms with Crippen LogP contribution < -0.4 is 10.6 Å². The van der Waals surface area contributed by atoms with Crippen molar-refractivity contribution in [3.8, 4) is 0 Å². The molecule has 3 heterocycles. The van der Waals surface area contributed by atoms with Gasteiger partial charge in [0, 0.05) is 12.7 Å². The molecule has 3 N–H and O–H groups in total. The zero-order valence-electron chi connectivity index (χ0n) is 21.8. The minimum absolute atomic E-state index is 0.0255. The fraction of sp³-hybridized carbons (Fsp3) is 0.667. The standard InChI is InChI=1S/C27H39N3O5/c1-14(2)10-18(13-31)30-22(24(33)29-19-11-15(3)8-9-16(19)4)27-12-17(5)26(6,35-27)20(23(32)28-7)21(27)25(30)34/h8-9,11,14,17-18,20-22,31H,10,12-13H2,1-7H3,(H,28,32)(H,29,33)/t17?,18-,20-,21+,22?,26+,27?/m1/s1. The number of nitrogens with one attached hydrogen (secondary N) is 2. The third-order valence-electron chi connectivity index (χ3n) is 8.53. The number of aryl methyl sites for hydroxylation is 2. The second-order valence-electron chi connectivity index (χ2n) is 11.3. The maximum atomic E-state index is 14.1. The van der Waals surface area contributed by atoms with Gasteiger partial charge in [0.15, 0.2) is 0 Å². The molecule has 4 rings (SSSR count). The van der Waals surface area contributed by atoms with Crippen LogP contribution in [0.3, 0.4) is 0 Å². The van der Waals surface area contributed by atoms with Gasteiger partial charge < -0.3 is 25.4 Å². The molecule has 1 aromatic carbocycles. The monoisotopic (exact) mass is 485 g/mol. The minimum Gasteiger partial charge on any atom is -0.394 e. The molecule has 3 aliphatic rings. The van der Waals surface area contributed by atoms with Crippen molar-refractivity contribution >= 4 is 23.4 Å². The lowest BCUT2D eigenvalue weighted by Gasteiger charge is -2.37. The number of hydrogen-bond acceptors (Lipinski definition) is 5. The summed E-state index contributed by atoms with van der Waals surface area (Å²) in [6, 6.07) is 4.34. The van der Waals surface area contributed by atoms with E-state index in [1.54, 1.807) is 11.9 Å². The molecule has 35 heavy (non-hydrogen) atoms. The average molecular weight is 486 g/mol. The third kappa shape index (κ3) is 3.76. The second kappa shape index (κ2) is 8.89. The zero-order valence-corrected chi connectivity index (χ0v) is 21.8. The molecule has 0 aliphatic carbocycles. The van der Waals surface area contributed by atoms with Crippen LogP contribution in [-0.2, 0) is 19.1 Å². The Morgan fingerprint density at radius 3 is 2.54 bits per heavy atom. The van der Waals surface area contributed by atoms with Crippen LogP contribution >= 0.6 is 0 Å². The van der Waals surface area contributed by atoms with E-state index in [0.717, 1.165) is 11.1 Å². The number of aliphatic hydroxyl groups is 1. The first kappa shape index (κ1) is 25.6. The van der Waals surface area contributed by atoms with Gasteiger partial charge in [-0.1, -0.05) is 32.9 Å². The highest BCUT2D eigenvalue weighted by atomic mass is 16.5. The average Bonchev–Trinajstić information content (AvgIpc) is 3.30. The highest BCUT2D eigenvalue weighted by molar-refractivity contribution is 6.04. The lowest BCUT2D eigenvalue weighted by molar-refractivity contribution is -0.149. The number of ether oxygens (including phenoxy) is 1. The van der Waals surface area contributed by atoms with Crippen LogP contribution in [0.1, 0.15) is 51.7 Å². The van der Waals surface area contributed by atoms with Gasteiger partial charge in [-0.05, 0) is 62.6 Å². The molecule has 8 nitrogen and oxygen atoms in total. The first-order chi connectivity index (χ1) is 16.4. The minimum atomic E-state index is -1.13. The molecule has 3 aliphatic heterocycles. The van der Waals surface area contributed by atoms with Gasteiger partial charge in [-0.2, -0.15) is 0 Å². The molecule has 3 saturated heterocycles. The van der Waals surface area contributed by atoms with Crippen molar-refractivity contribution in [1.29, 1.82) is 0 Å². The van der Waals surface area contributed by atoms with Gasteiger partial charge in [-0.25, -0.2) is 0 Å². The molecule has 3 fully saturated rings. The maximum absolute atomic E-state index is 14.1. The van der Waals surface area contributed by atoms with Crippen LogP contribution in [0.25, 0.3) is 0 Å². The molecule has 0 saturated carbocycles. The Morgan fingerprint density at radius 1 is 1.26 bits per heavy atom. The summed E-state index contributed by atoms with van der Waals surface area (Å²) in [6.07, 6.45) is 1.03. The molecule has 0 aromatic heterocycles. The molecule has 1 aromatic rings. The van der Waals surface area contributed by atoms with Crippen LogP contribution in [0, 0.1) is 37.5 Å². The number of rotatable bonds is 7. The number of anilines is 1. The van der Waals surface area contributed by atoms with Crippen molar-refractivity contribution in [1.82, 2.24) is 10.2 Å².